The summed E-state index contributed by atoms with van der Waals surface area (Å²) in [6.07, 6.45) is 4.05. The van der Waals surface area contributed by atoms with E-state index in [-0.39, 0.29) is 18.3 Å². The first kappa shape index (κ1) is 18.1. The van der Waals surface area contributed by atoms with Crippen molar-refractivity contribution in [2.75, 3.05) is 32.8 Å². The van der Waals surface area contributed by atoms with Crippen LogP contribution in [0.1, 0.15) is 31.2 Å². The van der Waals surface area contributed by atoms with Crippen molar-refractivity contribution in [2.45, 2.75) is 32.6 Å². The number of hydrogen-bond donors (Lipinski definition) is 1. The highest BCUT2D eigenvalue weighted by molar-refractivity contribution is 5.85. The molecule has 128 valence electrons. The molecule has 2 heterocycles. The maximum Gasteiger partial charge on any atom is 0.226 e. The minimum Gasteiger partial charge on any atom is -0.493 e. The van der Waals surface area contributed by atoms with Crippen LogP contribution in [-0.2, 0) is 4.79 Å². The summed E-state index contributed by atoms with van der Waals surface area (Å²) in [6, 6.07) is 7.97. The summed E-state index contributed by atoms with van der Waals surface area (Å²) in [4.78, 5) is 14.4. The fourth-order valence-corrected chi connectivity index (χ4v) is 3.63. The number of piperidine rings is 1. The molecule has 2 saturated heterocycles. The van der Waals surface area contributed by atoms with Crippen molar-refractivity contribution in [3.05, 3.63) is 29.8 Å². The molecule has 5 heteroatoms. The molecule has 1 aromatic rings. The first-order valence-electron chi connectivity index (χ1n) is 8.35. The first-order valence-corrected chi connectivity index (χ1v) is 8.35. The minimum absolute atomic E-state index is 0. The maximum absolute atomic E-state index is 12.4. The zero-order valence-electron chi connectivity index (χ0n) is 13.8. The van der Waals surface area contributed by atoms with Crippen LogP contribution < -0.4 is 10.1 Å². The van der Waals surface area contributed by atoms with Crippen LogP contribution in [0.5, 0.6) is 5.75 Å². The van der Waals surface area contributed by atoms with Crippen LogP contribution in [0.3, 0.4) is 0 Å². The van der Waals surface area contributed by atoms with Crippen LogP contribution in [0.25, 0.3) is 0 Å². The average Bonchev–Trinajstić information content (AvgIpc) is 2.92. The standard InChI is InChI=1S/C18H26N2O2.ClH/c1-15-3-2-4-16(13-15)22-12-5-17(21)20-11-8-18(14-20)6-9-19-10-7-18;/h2-4,13,19H,5-12,14H2,1H3;1H. The molecule has 1 spiro atoms. The van der Waals surface area contributed by atoms with Crippen LogP contribution >= 0.6 is 12.4 Å². The van der Waals surface area contributed by atoms with E-state index in [1.807, 2.05) is 36.1 Å². The predicted molar refractivity (Wildman–Crippen MR) is 94.3 cm³/mol. The summed E-state index contributed by atoms with van der Waals surface area (Å²) in [6.45, 7) is 6.56. The van der Waals surface area contributed by atoms with Gasteiger partial charge in [0.05, 0.1) is 13.0 Å². The Morgan fingerprint density at radius 1 is 1.30 bits per heavy atom. The van der Waals surface area contributed by atoms with Gasteiger partial charge in [0.25, 0.3) is 0 Å². The van der Waals surface area contributed by atoms with Crippen molar-refractivity contribution in [3.8, 4) is 5.75 Å². The molecule has 1 aromatic carbocycles. The summed E-state index contributed by atoms with van der Waals surface area (Å²) in [7, 11) is 0. The van der Waals surface area contributed by atoms with E-state index in [2.05, 4.69) is 5.32 Å². The third-order valence-corrected chi connectivity index (χ3v) is 5.03. The zero-order chi connectivity index (χ0) is 15.4. The zero-order valence-corrected chi connectivity index (χ0v) is 14.7. The minimum atomic E-state index is 0. The Labute approximate surface area is 145 Å². The quantitative estimate of drug-likeness (QED) is 0.917. The Balaban J connectivity index is 0.00000192. The largest absolute Gasteiger partial charge is 0.493 e. The number of rotatable bonds is 4. The van der Waals surface area contributed by atoms with Gasteiger partial charge in [-0.1, -0.05) is 12.1 Å². The highest BCUT2D eigenvalue weighted by Crippen LogP contribution is 2.38. The van der Waals surface area contributed by atoms with E-state index < -0.39 is 0 Å². The molecule has 2 aliphatic rings. The molecule has 0 unspecified atom stereocenters. The van der Waals surface area contributed by atoms with Crippen molar-refractivity contribution in [1.29, 1.82) is 0 Å². The van der Waals surface area contributed by atoms with Gasteiger partial charge in [-0.05, 0) is 62.4 Å². The number of carbonyl (C=O) groups is 1. The number of nitrogens with zero attached hydrogens (tertiary/aromatic N) is 1. The Kier molecular flexibility index (Phi) is 6.31. The van der Waals surface area contributed by atoms with Gasteiger partial charge in [-0.3, -0.25) is 4.79 Å². The van der Waals surface area contributed by atoms with Gasteiger partial charge in [-0.2, -0.15) is 0 Å². The van der Waals surface area contributed by atoms with E-state index in [0.717, 1.165) is 31.9 Å². The molecule has 3 rings (SSSR count). The summed E-state index contributed by atoms with van der Waals surface area (Å²) < 4.78 is 5.70. The van der Waals surface area contributed by atoms with Gasteiger partial charge < -0.3 is 15.0 Å². The molecule has 0 radical (unpaired) electrons. The van der Waals surface area contributed by atoms with E-state index in [1.54, 1.807) is 0 Å². The molecular weight excluding hydrogens is 312 g/mol. The number of benzene rings is 1. The predicted octanol–water partition coefficient (Wildman–Crippen LogP) is 2.79. The van der Waals surface area contributed by atoms with E-state index in [1.165, 1.54) is 24.8 Å². The second kappa shape index (κ2) is 8.02. The molecule has 0 bridgehead atoms. The lowest BCUT2D eigenvalue weighted by Gasteiger charge is -2.33. The van der Waals surface area contributed by atoms with Crippen molar-refractivity contribution in [2.24, 2.45) is 5.41 Å². The Bertz CT molecular complexity index is 530. The number of amides is 1. The topological polar surface area (TPSA) is 41.6 Å². The van der Waals surface area contributed by atoms with Crippen LogP contribution in [0.4, 0.5) is 0 Å². The summed E-state index contributed by atoms with van der Waals surface area (Å²) in [5.41, 5.74) is 1.56. The lowest BCUT2D eigenvalue weighted by Crippen LogP contribution is -2.40. The van der Waals surface area contributed by atoms with Gasteiger partial charge >= 0.3 is 0 Å². The molecule has 1 amide bonds. The molecule has 1 N–H and O–H groups in total. The summed E-state index contributed by atoms with van der Waals surface area (Å²) in [5.74, 6) is 1.09. The second-order valence-corrected chi connectivity index (χ2v) is 6.73. The molecular formula is C18H27ClN2O2. The van der Waals surface area contributed by atoms with E-state index in [4.69, 9.17) is 4.74 Å². The van der Waals surface area contributed by atoms with Gasteiger partial charge in [-0.25, -0.2) is 0 Å². The smallest absolute Gasteiger partial charge is 0.226 e. The first-order chi connectivity index (χ1) is 10.7. The van der Waals surface area contributed by atoms with Crippen molar-refractivity contribution in [3.63, 3.8) is 0 Å². The average molecular weight is 339 g/mol. The van der Waals surface area contributed by atoms with Crippen LogP contribution in [0, 0.1) is 12.3 Å². The third kappa shape index (κ3) is 4.61. The Hall–Kier alpha value is -1.26. The van der Waals surface area contributed by atoms with Gasteiger partial charge in [0.15, 0.2) is 0 Å². The number of carbonyl (C=O) groups excluding carboxylic acids is 1. The normalized spacial score (nSPS) is 19.4. The molecule has 2 aliphatic heterocycles. The maximum atomic E-state index is 12.4. The van der Waals surface area contributed by atoms with E-state index in [9.17, 15) is 4.79 Å². The Morgan fingerprint density at radius 3 is 2.83 bits per heavy atom. The van der Waals surface area contributed by atoms with Crippen molar-refractivity contribution < 1.29 is 9.53 Å². The van der Waals surface area contributed by atoms with Crippen LogP contribution in [0.2, 0.25) is 0 Å². The van der Waals surface area contributed by atoms with E-state index >= 15 is 0 Å². The number of likely N-dealkylation sites (tertiary alicyclic amines) is 1. The van der Waals surface area contributed by atoms with Crippen molar-refractivity contribution in [1.82, 2.24) is 10.2 Å². The molecule has 0 aromatic heterocycles. The monoisotopic (exact) mass is 338 g/mol. The van der Waals surface area contributed by atoms with E-state index in [0.29, 0.717) is 18.4 Å². The van der Waals surface area contributed by atoms with Crippen LogP contribution in [0.15, 0.2) is 24.3 Å². The molecule has 0 aliphatic carbocycles. The Morgan fingerprint density at radius 2 is 2.09 bits per heavy atom. The lowest BCUT2D eigenvalue weighted by atomic mass is 9.78. The van der Waals surface area contributed by atoms with Crippen molar-refractivity contribution >= 4 is 18.3 Å². The van der Waals surface area contributed by atoms with Gasteiger partial charge in [0, 0.05) is 13.1 Å². The van der Waals surface area contributed by atoms with Gasteiger partial charge in [-0.15, -0.1) is 12.4 Å². The number of ether oxygens (including phenoxy) is 1. The van der Waals surface area contributed by atoms with Crippen LogP contribution in [-0.4, -0.2) is 43.6 Å². The van der Waals surface area contributed by atoms with Gasteiger partial charge in [0.1, 0.15) is 5.75 Å². The number of aryl methyl sites for hydroxylation is 1. The van der Waals surface area contributed by atoms with Gasteiger partial charge in [0.2, 0.25) is 5.91 Å². The molecule has 2 fully saturated rings. The number of nitrogens with one attached hydrogen (secondary N) is 1. The second-order valence-electron chi connectivity index (χ2n) is 6.73. The molecule has 0 saturated carbocycles. The number of halogens is 1. The SMILES string of the molecule is Cc1cccc(OCCC(=O)N2CCC3(CCNCC3)C2)c1.Cl. The summed E-state index contributed by atoms with van der Waals surface area (Å²) >= 11 is 0. The molecule has 23 heavy (non-hydrogen) atoms. The number of hydrogen-bond acceptors (Lipinski definition) is 3. The third-order valence-electron chi connectivity index (χ3n) is 5.03. The molecule has 0 atom stereocenters. The summed E-state index contributed by atoms with van der Waals surface area (Å²) in [5, 5.41) is 3.41. The highest BCUT2D eigenvalue weighted by atomic mass is 35.5. The highest BCUT2D eigenvalue weighted by Gasteiger charge is 2.40. The fraction of sp³-hybridized carbons (Fsp3) is 0.611. The lowest BCUT2D eigenvalue weighted by molar-refractivity contribution is -0.131. The fourth-order valence-electron chi connectivity index (χ4n) is 3.63. The molecule has 4 nitrogen and oxygen atoms in total.